The van der Waals surface area contributed by atoms with E-state index in [1.54, 1.807) is 0 Å². The van der Waals surface area contributed by atoms with Crippen LogP contribution in [0.5, 0.6) is 0 Å². The van der Waals surface area contributed by atoms with E-state index in [9.17, 15) is 9.59 Å². The van der Waals surface area contributed by atoms with Crippen LogP contribution in [-0.2, 0) is 9.59 Å². The second kappa shape index (κ2) is 5.45. The fourth-order valence-corrected chi connectivity index (χ4v) is 2.37. The average Bonchev–Trinajstić information content (AvgIpc) is 3.03. The lowest BCUT2D eigenvalue weighted by Gasteiger charge is -2.12. The highest BCUT2D eigenvalue weighted by molar-refractivity contribution is 7.13. The van der Waals surface area contributed by atoms with Gasteiger partial charge in [-0.1, -0.05) is 0 Å². The summed E-state index contributed by atoms with van der Waals surface area (Å²) in [6.07, 6.45) is 1.83. The molecule has 1 heterocycles. The maximum atomic E-state index is 11.6. The van der Waals surface area contributed by atoms with E-state index in [2.05, 4.69) is 15.6 Å². The number of carboxylic acids is 1. The number of rotatable bonds is 6. The number of aryl methyl sites for hydroxylation is 1. The van der Waals surface area contributed by atoms with Crippen LogP contribution in [0.3, 0.4) is 0 Å². The molecule has 0 saturated heterocycles. The zero-order chi connectivity index (χ0) is 13.1. The van der Waals surface area contributed by atoms with Crippen LogP contribution in [0.15, 0.2) is 5.38 Å². The van der Waals surface area contributed by atoms with Crippen molar-refractivity contribution in [3.63, 3.8) is 0 Å². The molecule has 0 aromatic carbocycles. The molecule has 3 N–H and O–H groups in total. The highest BCUT2D eigenvalue weighted by Gasteiger charge is 2.36. The molecule has 1 aromatic rings. The standard InChI is InChI=1S/C11H15N3O3S/c1-6-5-18-11(13-6)14-8(15)4-12-9(10(16)17)7-2-3-7/h5,7,9,12H,2-4H2,1H3,(H,16,17)(H,13,14,15). The Balaban J connectivity index is 1.78. The molecule has 0 radical (unpaired) electrons. The summed E-state index contributed by atoms with van der Waals surface area (Å²) in [6, 6.07) is -0.617. The number of carbonyl (C=O) groups excluding carboxylic acids is 1. The molecule has 1 amide bonds. The van der Waals surface area contributed by atoms with E-state index in [1.807, 2.05) is 12.3 Å². The van der Waals surface area contributed by atoms with Gasteiger partial charge < -0.3 is 10.4 Å². The van der Waals surface area contributed by atoms with Crippen LogP contribution >= 0.6 is 11.3 Å². The molecule has 1 aliphatic rings. The third-order valence-corrected chi connectivity index (χ3v) is 3.58. The first-order valence-corrected chi connectivity index (χ1v) is 6.62. The molecule has 1 aliphatic carbocycles. The number of carbonyl (C=O) groups is 2. The topological polar surface area (TPSA) is 91.3 Å². The summed E-state index contributed by atoms with van der Waals surface area (Å²) >= 11 is 1.35. The first kappa shape index (κ1) is 13.0. The van der Waals surface area contributed by atoms with Crippen LogP contribution in [0.4, 0.5) is 5.13 Å². The van der Waals surface area contributed by atoms with Gasteiger partial charge in [0.15, 0.2) is 5.13 Å². The van der Waals surface area contributed by atoms with Crippen LogP contribution in [-0.4, -0.2) is 34.6 Å². The molecule has 1 atom stereocenters. The number of nitrogens with one attached hydrogen (secondary N) is 2. The number of nitrogens with zero attached hydrogens (tertiary/aromatic N) is 1. The van der Waals surface area contributed by atoms with E-state index < -0.39 is 12.0 Å². The molecule has 98 valence electrons. The number of aliphatic carboxylic acids is 1. The van der Waals surface area contributed by atoms with Gasteiger partial charge in [-0.15, -0.1) is 11.3 Å². The first-order valence-electron chi connectivity index (χ1n) is 5.74. The number of carboxylic acid groups (broad SMARTS) is 1. The third-order valence-electron chi connectivity index (χ3n) is 2.71. The van der Waals surface area contributed by atoms with Gasteiger partial charge in [-0.3, -0.25) is 14.9 Å². The Kier molecular flexibility index (Phi) is 3.93. The van der Waals surface area contributed by atoms with Crippen LogP contribution in [0.25, 0.3) is 0 Å². The summed E-state index contributed by atoms with van der Waals surface area (Å²) in [7, 11) is 0. The van der Waals surface area contributed by atoms with Gasteiger partial charge in [0.2, 0.25) is 5.91 Å². The summed E-state index contributed by atoms with van der Waals surface area (Å²) in [5.41, 5.74) is 0.852. The number of hydrogen-bond acceptors (Lipinski definition) is 5. The summed E-state index contributed by atoms with van der Waals surface area (Å²) in [5.74, 6) is -0.996. The Hall–Kier alpha value is -1.47. The Labute approximate surface area is 108 Å². The van der Waals surface area contributed by atoms with Gasteiger partial charge in [0.25, 0.3) is 0 Å². The van der Waals surface area contributed by atoms with Gasteiger partial charge in [0.05, 0.1) is 12.2 Å². The Morgan fingerprint density at radius 3 is 2.83 bits per heavy atom. The van der Waals surface area contributed by atoms with E-state index in [1.165, 1.54) is 11.3 Å². The maximum Gasteiger partial charge on any atom is 0.320 e. The molecule has 7 heteroatoms. The van der Waals surface area contributed by atoms with Crippen molar-refractivity contribution >= 4 is 28.3 Å². The number of aromatic nitrogens is 1. The number of hydrogen-bond donors (Lipinski definition) is 3. The molecular weight excluding hydrogens is 254 g/mol. The molecule has 1 saturated carbocycles. The van der Waals surface area contributed by atoms with Crippen LogP contribution in [0.2, 0.25) is 0 Å². The number of amides is 1. The Morgan fingerprint density at radius 1 is 1.61 bits per heavy atom. The molecule has 2 rings (SSSR count). The Morgan fingerprint density at radius 2 is 2.33 bits per heavy atom. The smallest absolute Gasteiger partial charge is 0.320 e. The van der Waals surface area contributed by atoms with Crippen molar-refractivity contribution in [3.8, 4) is 0 Å². The zero-order valence-electron chi connectivity index (χ0n) is 9.97. The van der Waals surface area contributed by atoms with Crippen molar-refractivity contribution < 1.29 is 14.7 Å². The maximum absolute atomic E-state index is 11.6. The van der Waals surface area contributed by atoms with Gasteiger partial charge in [-0.25, -0.2) is 4.98 Å². The van der Waals surface area contributed by atoms with Crippen molar-refractivity contribution in [2.24, 2.45) is 5.92 Å². The van der Waals surface area contributed by atoms with E-state index >= 15 is 0 Å². The molecule has 0 aliphatic heterocycles. The second-order valence-electron chi connectivity index (χ2n) is 4.38. The second-order valence-corrected chi connectivity index (χ2v) is 5.23. The summed E-state index contributed by atoms with van der Waals surface area (Å²) in [4.78, 5) is 26.6. The molecule has 1 aromatic heterocycles. The monoisotopic (exact) mass is 269 g/mol. The molecule has 0 spiro atoms. The molecule has 0 bridgehead atoms. The molecular formula is C11H15N3O3S. The van der Waals surface area contributed by atoms with E-state index in [0.717, 1.165) is 18.5 Å². The van der Waals surface area contributed by atoms with Gasteiger partial charge in [-0.05, 0) is 25.7 Å². The zero-order valence-corrected chi connectivity index (χ0v) is 10.8. The minimum atomic E-state index is -0.893. The average molecular weight is 269 g/mol. The highest BCUT2D eigenvalue weighted by atomic mass is 32.1. The summed E-state index contributed by atoms with van der Waals surface area (Å²) in [6.45, 7) is 1.84. The van der Waals surface area contributed by atoms with Crippen molar-refractivity contribution in [1.82, 2.24) is 10.3 Å². The lowest BCUT2D eigenvalue weighted by atomic mass is 10.2. The summed E-state index contributed by atoms with van der Waals surface area (Å²) in [5, 5.41) is 16.8. The molecule has 1 unspecified atom stereocenters. The fraction of sp³-hybridized carbons (Fsp3) is 0.545. The van der Waals surface area contributed by atoms with E-state index in [-0.39, 0.29) is 18.4 Å². The number of thiazole rings is 1. The van der Waals surface area contributed by atoms with Crippen molar-refractivity contribution in [3.05, 3.63) is 11.1 Å². The quantitative estimate of drug-likeness (QED) is 0.712. The minimum Gasteiger partial charge on any atom is -0.480 e. The lowest BCUT2D eigenvalue weighted by Crippen LogP contribution is -2.42. The fourth-order valence-electron chi connectivity index (χ4n) is 1.66. The third kappa shape index (κ3) is 3.51. The van der Waals surface area contributed by atoms with Crippen molar-refractivity contribution in [2.45, 2.75) is 25.8 Å². The van der Waals surface area contributed by atoms with Crippen LogP contribution in [0.1, 0.15) is 18.5 Å². The van der Waals surface area contributed by atoms with Crippen LogP contribution < -0.4 is 10.6 Å². The van der Waals surface area contributed by atoms with Gasteiger partial charge in [0, 0.05) is 5.38 Å². The van der Waals surface area contributed by atoms with Crippen LogP contribution in [0, 0.1) is 12.8 Å². The van der Waals surface area contributed by atoms with Gasteiger partial charge in [0.1, 0.15) is 6.04 Å². The largest absolute Gasteiger partial charge is 0.480 e. The molecule has 1 fully saturated rings. The lowest BCUT2D eigenvalue weighted by molar-refractivity contribution is -0.140. The van der Waals surface area contributed by atoms with Crippen molar-refractivity contribution in [2.75, 3.05) is 11.9 Å². The van der Waals surface area contributed by atoms with E-state index in [4.69, 9.17) is 5.11 Å². The Bertz CT molecular complexity index is 456. The van der Waals surface area contributed by atoms with E-state index in [0.29, 0.717) is 5.13 Å². The van der Waals surface area contributed by atoms with Gasteiger partial charge in [-0.2, -0.15) is 0 Å². The SMILES string of the molecule is Cc1csc(NC(=O)CNC(C(=O)O)C2CC2)n1. The minimum absolute atomic E-state index is 0.00784. The molecule has 18 heavy (non-hydrogen) atoms. The number of anilines is 1. The first-order chi connectivity index (χ1) is 8.56. The highest BCUT2D eigenvalue weighted by Crippen LogP contribution is 2.32. The molecule has 6 nitrogen and oxygen atoms in total. The predicted octanol–water partition coefficient (Wildman–Crippen LogP) is 0.843. The predicted molar refractivity (Wildman–Crippen MR) is 67.6 cm³/mol. The summed E-state index contributed by atoms with van der Waals surface area (Å²) < 4.78 is 0. The van der Waals surface area contributed by atoms with Crippen molar-refractivity contribution in [1.29, 1.82) is 0 Å². The normalized spacial score (nSPS) is 16.3. The van der Waals surface area contributed by atoms with Gasteiger partial charge >= 0.3 is 5.97 Å².